The summed E-state index contributed by atoms with van der Waals surface area (Å²) in [5.41, 5.74) is 4.24. The monoisotopic (exact) mass is 357 g/mol. The van der Waals surface area contributed by atoms with E-state index in [0.29, 0.717) is 17.9 Å². The standard InChI is InChI=1S/C18H19N3O5/c1-2-3-12-26-14-10-8-13(9-11-14)17(22)19-20-18(23)15-6-4-5-7-16(15)21(24)25/h4-11H,2-3,12H2,1H3,(H,19,22)(H,20,23). The molecule has 0 aliphatic heterocycles. The maximum atomic E-state index is 12.1. The normalized spacial score (nSPS) is 10.0. The number of ether oxygens (including phenoxy) is 1. The van der Waals surface area contributed by atoms with Crippen LogP contribution in [-0.2, 0) is 0 Å². The fourth-order valence-corrected chi connectivity index (χ4v) is 2.11. The summed E-state index contributed by atoms with van der Waals surface area (Å²) in [6, 6.07) is 11.9. The van der Waals surface area contributed by atoms with Gasteiger partial charge in [-0.05, 0) is 36.8 Å². The highest BCUT2D eigenvalue weighted by Gasteiger charge is 2.19. The second-order valence-corrected chi connectivity index (χ2v) is 5.41. The van der Waals surface area contributed by atoms with Crippen molar-refractivity contribution in [3.05, 3.63) is 69.8 Å². The molecule has 2 aromatic rings. The zero-order valence-electron chi connectivity index (χ0n) is 14.2. The van der Waals surface area contributed by atoms with Crippen molar-refractivity contribution in [1.29, 1.82) is 0 Å². The van der Waals surface area contributed by atoms with Crippen molar-refractivity contribution in [1.82, 2.24) is 10.9 Å². The van der Waals surface area contributed by atoms with Crippen LogP contribution in [0.4, 0.5) is 5.69 Å². The molecular formula is C18H19N3O5. The van der Waals surface area contributed by atoms with Gasteiger partial charge in [-0.3, -0.25) is 30.6 Å². The average Bonchev–Trinajstić information content (AvgIpc) is 2.66. The summed E-state index contributed by atoms with van der Waals surface area (Å²) in [5, 5.41) is 10.9. The predicted molar refractivity (Wildman–Crippen MR) is 94.9 cm³/mol. The highest BCUT2D eigenvalue weighted by atomic mass is 16.6. The number of hydrogen-bond donors (Lipinski definition) is 2. The van der Waals surface area contributed by atoms with Gasteiger partial charge in [-0.15, -0.1) is 0 Å². The van der Waals surface area contributed by atoms with Gasteiger partial charge in [-0.2, -0.15) is 0 Å². The van der Waals surface area contributed by atoms with Gasteiger partial charge in [0.15, 0.2) is 0 Å². The van der Waals surface area contributed by atoms with E-state index in [2.05, 4.69) is 17.8 Å². The lowest BCUT2D eigenvalue weighted by molar-refractivity contribution is -0.385. The zero-order valence-corrected chi connectivity index (χ0v) is 14.2. The van der Waals surface area contributed by atoms with Crippen LogP contribution in [0.1, 0.15) is 40.5 Å². The summed E-state index contributed by atoms with van der Waals surface area (Å²) in [4.78, 5) is 34.4. The predicted octanol–water partition coefficient (Wildman–Crippen LogP) is 2.85. The van der Waals surface area contributed by atoms with Crippen LogP contribution in [0.25, 0.3) is 0 Å². The van der Waals surface area contributed by atoms with Crippen molar-refractivity contribution in [2.45, 2.75) is 19.8 Å². The van der Waals surface area contributed by atoms with Crippen LogP contribution >= 0.6 is 0 Å². The molecule has 2 rings (SSSR count). The number of rotatable bonds is 7. The van der Waals surface area contributed by atoms with Gasteiger partial charge in [-0.1, -0.05) is 25.5 Å². The van der Waals surface area contributed by atoms with E-state index >= 15 is 0 Å². The molecule has 0 aliphatic carbocycles. The highest BCUT2D eigenvalue weighted by molar-refractivity contribution is 6.01. The molecule has 136 valence electrons. The van der Waals surface area contributed by atoms with Crippen molar-refractivity contribution >= 4 is 17.5 Å². The molecule has 0 aromatic heterocycles. The molecule has 8 nitrogen and oxygen atoms in total. The molecule has 0 fully saturated rings. The second-order valence-electron chi connectivity index (χ2n) is 5.41. The van der Waals surface area contributed by atoms with Crippen molar-refractivity contribution in [3.63, 3.8) is 0 Å². The lowest BCUT2D eigenvalue weighted by Crippen LogP contribution is -2.41. The number of para-hydroxylation sites is 1. The number of unbranched alkanes of at least 4 members (excludes halogenated alkanes) is 1. The third-order valence-electron chi connectivity index (χ3n) is 3.52. The van der Waals surface area contributed by atoms with Crippen LogP contribution in [-0.4, -0.2) is 23.3 Å². The lowest BCUT2D eigenvalue weighted by Gasteiger charge is -2.09. The van der Waals surface area contributed by atoms with Crippen molar-refractivity contribution < 1.29 is 19.2 Å². The molecule has 0 radical (unpaired) electrons. The van der Waals surface area contributed by atoms with Crippen molar-refractivity contribution in [3.8, 4) is 5.75 Å². The van der Waals surface area contributed by atoms with Crippen LogP contribution in [0, 0.1) is 10.1 Å². The Morgan fingerprint density at radius 3 is 2.35 bits per heavy atom. The van der Waals surface area contributed by atoms with E-state index in [1.165, 1.54) is 24.3 Å². The molecule has 2 N–H and O–H groups in total. The summed E-state index contributed by atoms with van der Waals surface area (Å²) in [7, 11) is 0. The number of nitro groups is 1. The van der Waals surface area contributed by atoms with E-state index < -0.39 is 16.7 Å². The van der Waals surface area contributed by atoms with Gasteiger partial charge in [-0.25, -0.2) is 0 Å². The number of carbonyl (C=O) groups excluding carboxylic acids is 2. The fraction of sp³-hybridized carbons (Fsp3) is 0.222. The summed E-state index contributed by atoms with van der Waals surface area (Å²) < 4.78 is 5.51. The minimum absolute atomic E-state index is 0.141. The molecule has 0 aliphatic rings. The summed E-state index contributed by atoms with van der Waals surface area (Å²) in [6.45, 7) is 2.67. The molecule has 0 unspecified atom stereocenters. The number of hydrazine groups is 1. The first-order valence-electron chi connectivity index (χ1n) is 8.10. The number of amides is 2. The molecule has 2 aromatic carbocycles. The van der Waals surface area contributed by atoms with Crippen LogP contribution in [0.15, 0.2) is 48.5 Å². The average molecular weight is 357 g/mol. The third-order valence-corrected chi connectivity index (χ3v) is 3.52. The number of benzene rings is 2. The Hall–Kier alpha value is -3.42. The van der Waals surface area contributed by atoms with Gasteiger partial charge in [0.2, 0.25) is 0 Å². The topological polar surface area (TPSA) is 111 Å². The maximum Gasteiger partial charge on any atom is 0.282 e. The van der Waals surface area contributed by atoms with Gasteiger partial charge >= 0.3 is 0 Å². The molecule has 0 heterocycles. The highest BCUT2D eigenvalue weighted by Crippen LogP contribution is 2.17. The van der Waals surface area contributed by atoms with E-state index in [9.17, 15) is 19.7 Å². The van der Waals surface area contributed by atoms with Gasteiger partial charge in [0.25, 0.3) is 17.5 Å². The van der Waals surface area contributed by atoms with Gasteiger partial charge in [0.1, 0.15) is 11.3 Å². The van der Waals surface area contributed by atoms with Crippen molar-refractivity contribution in [2.75, 3.05) is 6.61 Å². The molecular weight excluding hydrogens is 338 g/mol. The van der Waals surface area contributed by atoms with Crippen LogP contribution in [0.2, 0.25) is 0 Å². The molecule has 0 spiro atoms. The van der Waals surface area contributed by atoms with E-state index in [-0.39, 0.29) is 11.3 Å². The smallest absolute Gasteiger partial charge is 0.282 e. The largest absolute Gasteiger partial charge is 0.494 e. The van der Waals surface area contributed by atoms with Crippen LogP contribution < -0.4 is 15.6 Å². The van der Waals surface area contributed by atoms with Gasteiger partial charge in [0, 0.05) is 11.6 Å². The van der Waals surface area contributed by atoms with E-state index in [1.54, 1.807) is 24.3 Å². The second kappa shape index (κ2) is 9.16. The minimum Gasteiger partial charge on any atom is -0.494 e. The maximum absolute atomic E-state index is 12.1. The van der Waals surface area contributed by atoms with Gasteiger partial charge < -0.3 is 4.74 Å². The van der Waals surface area contributed by atoms with E-state index in [1.807, 2.05) is 0 Å². The SMILES string of the molecule is CCCCOc1ccc(C(=O)NNC(=O)c2ccccc2[N+](=O)[O-])cc1. The minimum atomic E-state index is -0.773. The van der Waals surface area contributed by atoms with Crippen LogP contribution in [0.3, 0.4) is 0 Å². The fourth-order valence-electron chi connectivity index (χ4n) is 2.11. The number of carbonyl (C=O) groups is 2. The lowest BCUT2D eigenvalue weighted by atomic mass is 10.2. The Bertz CT molecular complexity index is 790. The first-order valence-corrected chi connectivity index (χ1v) is 8.10. The summed E-state index contributed by atoms with van der Waals surface area (Å²) in [5.74, 6) is -0.666. The van der Waals surface area contributed by atoms with Crippen molar-refractivity contribution in [2.24, 2.45) is 0 Å². The number of hydrogen-bond acceptors (Lipinski definition) is 5. The first kappa shape index (κ1) is 18.9. The number of nitrogens with zero attached hydrogens (tertiary/aromatic N) is 1. The Morgan fingerprint density at radius 1 is 1.04 bits per heavy atom. The van der Waals surface area contributed by atoms with E-state index in [0.717, 1.165) is 12.8 Å². The molecule has 0 bridgehead atoms. The molecule has 0 atom stereocenters. The molecule has 0 saturated carbocycles. The number of nitrogens with one attached hydrogen (secondary N) is 2. The van der Waals surface area contributed by atoms with Crippen LogP contribution in [0.5, 0.6) is 5.75 Å². The zero-order chi connectivity index (χ0) is 18.9. The molecule has 2 amide bonds. The molecule has 26 heavy (non-hydrogen) atoms. The summed E-state index contributed by atoms with van der Waals surface area (Å²) in [6.07, 6.45) is 1.97. The number of nitro benzene ring substituents is 1. The Labute approximate surface area is 150 Å². The Kier molecular flexibility index (Phi) is 6.67. The Morgan fingerprint density at radius 2 is 1.69 bits per heavy atom. The first-order chi connectivity index (χ1) is 12.5. The third kappa shape index (κ3) is 5.04. The van der Waals surface area contributed by atoms with E-state index in [4.69, 9.17) is 4.74 Å². The summed E-state index contributed by atoms with van der Waals surface area (Å²) >= 11 is 0. The molecule has 8 heteroatoms. The Balaban J connectivity index is 1.94. The van der Waals surface area contributed by atoms with Gasteiger partial charge in [0.05, 0.1) is 11.5 Å². The molecule has 0 saturated heterocycles. The quantitative estimate of drug-likeness (QED) is 0.450.